The zero-order valence-electron chi connectivity index (χ0n) is 7.16. The van der Waals surface area contributed by atoms with Crippen LogP contribution in [0.25, 0.3) is 0 Å². The Hall–Kier alpha value is -1.16. The standard InChI is InChI=1S/C9H9NO2S/c1-12-7-2-5-3-9(11)13-8(5)4-6(7)10/h2,4H,3,10H2,1H3. The lowest BCUT2D eigenvalue weighted by Crippen LogP contribution is -1.94. The minimum absolute atomic E-state index is 0.169. The Morgan fingerprint density at radius 3 is 3.00 bits per heavy atom. The fourth-order valence-corrected chi connectivity index (χ4v) is 2.26. The third-order valence-electron chi connectivity index (χ3n) is 1.97. The predicted molar refractivity (Wildman–Crippen MR) is 52.0 cm³/mol. The van der Waals surface area contributed by atoms with Gasteiger partial charge in [-0.15, -0.1) is 0 Å². The molecule has 0 unspecified atom stereocenters. The molecule has 1 aliphatic heterocycles. The van der Waals surface area contributed by atoms with Gasteiger partial charge in [0.15, 0.2) is 5.12 Å². The van der Waals surface area contributed by atoms with Crippen molar-refractivity contribution in [1.82, 2.24) is 0 Å². The fraction of sp³-hybridized carbons (Fsp3) is 0.222. The third kappa shape index (κ3) is 1.37. The summed E-state index contributed by atoms with van der Waals surface area (Å²) in [6.45, 7) is 0. The minimum Gasteiger partial charge on any atom is -0.495 e. The second kappa shape index (κ2) is 2.96. The molecule has 0 aromatic heterocycles. The van der Waals surface area contributed by atoms with Crippen LogP contribution in [0.15, 0.2) is 17.0 Å². The van der Waals surface area contributed by atoms with Gasteiger partial charge in [-0.05, 0) is 17.7 Å². The molecule has 0 amide bonds. The molecular weight excluding hydrogens is 186 g/mol. The molecule has 0 aliphatic carbocycles. The van der Waals surface area contributed by atoms with Crippen LogP contribution in [-0.2, 0) is 11.2 Å². The van der Waals surface area contributed by atoms with Gasteiger partial charge < -0.3 is 10.5 Å². The van der Waals surface area contributed by atoms with Crippen LogP contribution in [0.1, 0.15) is 5.56 Å². The van der Waals surface area contributed by atoms with Crippen molar-refractivity contribution >= 4 is 22.6 Å². The van der Waals surface area contributed by atoms with Crippen molar-refractivity contribution in [3.8, 4) is 5.75 Å². The molecule has 1 aromatic rings. The number of benzene rings is 1. The molecule has 0 saturated heterocycles. The Balaban J connectivity index is 2.50. The number of nitrogen functional groups attached to an aromatic ring is 1. The number of ether oxygens (including phenoxy) is 1. The first kappa shape index (κ1) is 8.44. The van der Waals surface area contributed by atoms with E-state index in [-0.39, 0.29) is 5.12 Å². The molecular formula is C9H9NO2S. The van der Waals surface area contributed by atoms with E-state index in [1.165, 1.54) is 11.8 Å². The summed E-state index contributed by atoms with van der Waals surface area (Å²) >= 11 is 1.25. The number of anilines is 1. The Labute approximate surface area is 80.3 Å². The van der Waals surface area contributed by atoms with Crippen LogP contribution in [0.3, 0.4) is 0 Å². The van der Waals surface area contributed by atoms with Gasteiger partial charge in [0, 0.05) is 11.3 Å². The topological polar surface area (TPSA) is 52.3 Å². The maximum absolute atomic E-state index is 11.1. The molecule has 1 aromatic carbocycles. The molecule has 0 spiro atoms. The van der Waals surface area contributed by atoms with E-state index in [1.807, 2.05) is 6.07 Å². The highest BCUT2D eigenvalue weighted by molar-refractivity contribution is 8.14. The minimum atomic E-state index is 0.169. The van der Waals surface area contributed by atoms with Gasteiger partial charge >= 0.3 is 0 Å². The summed E-state index contributed by atoms with van der Waals surface area (Å²) in [4.78, 5) is 12.1. The highest BCUT2D eigenvalue weighted by Crippen LogP contribution is 2.37. The number of carbonyl (C=O) groups excluding carboxylic acids is 1. The van der Waals surface area contributed by atoms with Crippen molar-refractivity contribution in [2.75, 3.05) is 12.8 Å². The van der Waals surface area contributed by atoms with Gasteiger partial charge in [0.2, 0.25) is 0 Å². The SMILES string of the molecule is COc1cc2c(cc1N)SC(=O)C2. The molecule has 0 atom stereocenters. The molecule has 3 nitrogen and oxygen atoms in total. The fourth-order valence-electron chi connectivity index (χ4n) is 1.34. The van der Waals surface area contributed by atoms with E-state index in [4.69, 9.17) is 10.5 Å². The molecule has 2 N–H and O–H groups in total. The predicted octanol–water partition coefficient (Wildman–Crippen LogP) is 1.45. The van der Waals surface area contributed by atoms with Crippen LogP contribution >= 0.6 is 11.8 Å². The number of fused-ring (bicyclic) bond motifs is 1. The Kier molecular flexibility index (Phi) is 1.92. The molecule has 0 saturated carbocycles. The van der Waals surface area contributed by atoms with Crippen molar-refractivity contribution in [2.24, 2.45) is 0 Å². The molecule has 0 fully saturated rings. The lowest BCUT2D eigenvalue weighted by atomic mass is 10.1. The zero-order chi connectivity index (χ0) is 9.42. The molecule has 0 bridgehead atoms. The van der Waals surface area contributed by atoms with Crippen molar-refractivity contribution in [3.63, 3.8) is 0 Å². The summed E-state index contributed by atoms with van der Waals surface area (Å²) in [5.74, 6) is 0.647. The first-order chi connectivity index (χ1) is 6.20. The van der Waals surface area contributed by atoms with Gasteiger partial charge in [-0.2, -0.15) is 0 Å². The number of hydrogen-bond acceptors (Lipinski definition) is 4. The van der Waals surface area contributed by atoms with Gasteiger partial charge in [0.05, 0.1) is 12.8 Å². The number of hydrogen-bond donors (Lipinski definition) is 1. The van der Waals surface area contributed by atoms with Crippen LogP contribution < -0.4 is 10.5 Å². The normalized spacial score (nSPS) is 14.4. The van der Waals surface area contributed by atoms with Crippen LogP contribution in [0.2, 0.25) is 0 Å². The second-order valence-corrected chi connectivity index (χ2v) is 3.95. The number of carbonyl (C=O) groups is 1. The summed E-state index contributed by atoms with van der Waals surface area (Å²) in [7, 11) is 1.57. The van der Waals surface area contributed by atoms with E-state index < -0.39 is 0 Å². The summed E-state index contributed by atoms with van der Waals surface area (Å²) in [5, 5.41) is 0.169. The van der Waals surface area contributed by atoms with E-state index >= 15 is 0 Å². The van der Waals surface area contributed by atoms with Gasteiger partial charge in [-0.3, -0.25) is 4.79 Å². The van der Waals surface area contributed by atoms with E-state index in [2.05, 4.69) is 0 Å². The second-order valence-electron chi connectivity index (χ2n) is 2.85. The average molecular weight is 195 g/mol. The monoisotopic (exact) mass is 195 g/mol. The maximum atomic E-state index is 11.1. The molecule has 13 heavy (non-hydrogen) atoms. The van der Waals surface area contributed by atoms with Gasteiger partial charge in [-0.1, -0.05) is 11.8 Å². The maximum Gasteiger partial charge on any atom is 0.198 e. The molecule has 0 radical (unpaired) electrons. The summed E-state index contributed by atoms with van der Waals surface area (Å²) in [6, 6.07) is 3.63. The van der Waals surface area contributed by atoms with Crippen LogP contribution in [0.5, 0.6) is 5.75 Å². The first-order valence-electron chi connectivity index (χ1n) is 3.88. The molecule has 1 aliphatic rings. The van der Waals surface area contributed by atoms with Crippen molar-refractivity contribution in [2.45, 2.75) is 11.3 Å². The lowest BCUT2D eigenvalue weighted by molar-refractivity contribution is -0.110. The summed E-state index contributed by atoms with van der Waals surface area (Å²) in [5.41, 5.74) is 7.30. The number of methoxy groups -OCH3 is 1. The van der Waals surface area contributed by atoms with Crippen LogP contribution in [0, 0.1) is 0 Å². The molecule has 4 heteroatoms. The molecule has 1 heterocycles. The Bertz CT molecular complexity index is 376. The van der Waals surface area contributed by atoms with Gasteiger partial charge in [-0.25, -0.2) is 0 Å². The van der Waals surface area contributed by atoms with Crippen molar-refractivity contribution in [3.05, 3.63) is 17.7 Å². The number of nitrogens with two attached hydrogens (primary N) is 1. The van der Waals surface area contributed by atoms with E-state index in [9.17, 15) is 4.79 Å². The lowest BCUT2D eigenvalue weighted by Gasteiger charge is -2.05. The van der Waals surface area contributed by atoms with E-state index in [1.54, 1.807) is 13.2 Å². The number of thioether (sulfide) groups is 1. The van der Waals surface area contributed by atoms with Crippen molar-refractivity contribution in [1.29, 1.82) is 0 Å². The Morgan fingerprint density at radius 2 is 2.31 bits per heavy atom. The number of rotatable bonds is 1. The van der Waals surface area contributed by atoms with Crippen LogP contribution in [0.4, 0.5) is 5.69 Å². The van der Waals surface area contributed by atoms with E-state index in [0.29, 0.717) is 17.9 Å². The highest BCUT2D eigenvalue weighted by Gasteiger charge is 2.21. The van der Waals surface area contributed by atoms with Crippen LogP contribution in [-0.4, -0.2) is 12.2 Å². The van der Waals surface area contributed by atoms with Crippen molar-refractivity contribution < 1.29 is 9.53 Å². The first-order valence-corrected chi connectivity index (χ1v) is 4.69. The Morgan fingerprint density at radius 1 is 1.54 bits per heavy atom. The van der Waals surface area contributed by atoms with Gasteiger partial charge in [0.25, 0.3) is 0 Å². The summed E-state index contributed by atoms with van der Waals surface area (Å²) < 4.78 is 5.06. The summed E-state index contributed by atoms with van der Waals surface area (Å²) in [6.07, 6.45) is 0.483. The van der Waals surface area contributed by atoms with Gasteiger partial charge in [0.1, 0.15) is 5.75 Å². The van der Waals surface area contributed by atoms with E-state index in [0.717, 1.165) is 10.5 Å². The largest absolute Gasteiger partial charge is 0.495 e. The molecule has 68 valence electrons. The quantitative estimate of drug-likeness (QED) is 0.689. The average Bonchev–Trinajstić information content (AvgIpc) is 2.42. The third-order valence-corrected chi connectivity index (χ3v) is 2.94. The zero-order valence-corrected chi connectivity index (χ0v) is 7.98. The highest BCUT2D eigenvalue weighted by atomic mass is 32.2. The molecule has 2 rings (SSSR count). The smallest absolute Gasteiger partial charge is 0.198 e.